The molecule has 2 aromatic heterocycles. The molecule has 20 heavy (non-hydrogen) atoms. The molecular formula is C13H18N6S. The van der Waals surface area contributed by atoms with E-state index in [1.54, 1.807) is 18.0 Å². The molecule has 1 fully saturated rings. The first kappa shape index (κ1) is 13.4. The number of piperazine rings is 1. The second-order valence-electron chi connectivity index (χ2n) is 4.70. The number of thioether (sulfide) groups is 1. The number of aromatic nitrogens is 4. The molecule has 0 spiro atoms. The molecule has 3 heterocycles. The van der Waals surface area contributed by atoms with Crippen molar-refractivity contribution in [2.45, 2.75) is 11.7 Å². The average molecular weight is 290 g/mol. The summed E-state index contributed by atoms with van der Waals surface area (Å²) in [6.45, 7) is 4.93. The average Bonchev–Trinajstić information content (AvgIpc) is 3.01. The van der Waals surface area contributed by atoms with Crippen molar-refractivity contribution in [3.05, 3.63) is 30.5 Å². The number of anilines is 1. The molecule has 0 radical (unpaired) electrons. The van der Waals surface area contributed by atoms with Gasteiger partial charge in [0.05, 0.1) is 6.54 Å². The highest BCUT2D eigenvalue weighted by molar-refractivity contribution is 7.98. The predicted molar refractivity (Wildman–Crippen MR) is 79.9 cm³/mol. The second-order valence-corrected chi connectivity index (χ2v) is 5.47. The normalized spacial score (nSPS) is 16.6. The lowest BCUT2D eigenvalue weighted by Gasteiger charge is -2.34. The standard InChI is InChI=1S/C13H18N6S/c1-20-13-16-3-2-12(17-13)19-8-6-18(7-9-19)10-11-14-4-5-15-11/h2-5H,6-10H2,1H3,(H,14,15). The fourth-order valence-electron chi connectivity index (χ4n) is 2.34. The summed E-state index contributed by atoms with van der Waals surface area (Å²) in [5.74, 6) is 2.06. The zero-order valence-corrected chi connectivity index (χ0v) is 12.3. The van der Waals surface area contributed by atoms with Crippen LogP contribution >= 0.6 is 11.8 Å². The van der Waals surface area contributed by atoms with Gasteiger partial charge in [0.1, 0.15) is 11.6 Å². The molecule has 0 amide bonds. The first-order valence-corrected chi connectivity index (χ1v) is 7.90. The smallest absolute Gasteiger partial charge is 0.189 e. The molecule has 0 aliphatic carbocycles. The van der Waals surface area contributed by atoms with Crippen molar-refractivity contribution in [1.29, 1.82) is 0 Å². The lowest BCUT2D eigenvalue weighted by Crippen LogP contribution is -2.46. The van der Waals surface area contributed by atoms with E-state index in [0.29, 0.717) is 0 Å². The van der Waals surface area contributed by atoms with E-state index in [9.17, 15) is 0 Å². The van der Waals surface area contributed by atoms with E-state index < -0.39 is 0 Å². The number of hydrogen-bond donors (Lipinski definition) is 1. The Balaban J connectivity index is 1.57. The number of hydrogen-bond acceptors (Lipinski definition) is 6. The first-order chi connectivity index (χ1) is 9.85. The van der Waals surface area contributed by atoms with Crippen LogP contribution in [0.25, 0.3) is 0 Å². The highest BCUT2D eigenvalue weighted by Gasteiger charge is 2.18. The first-order valence-electron chi connectivity index (χ1n) is 6.68. The van der Waals surface area contributed by atoms with Crippen LogP contribution in [0, 0.1) is 0 Å². The van der Waals surface area contributed by atoms with E-state index in [-0.39, 0.29) is 0 Å². The van der Waals surface area contributed by atoms with Gasteiger partial charge in [0.25, 0.3) is 0 Å². The minimum absolute atomic E-state index is 0.834. The lowest BCUT2D eigenvalue weighted by molar-refractivity contribution is 0.244. The molecule has 1 aliphatic heterocycles. The number of nitrogens with zero attached hydrogens (tertiary/aromatic N) is 5. The quantitative estimate of drug-likeness (QED) is 0.675. The van der Waals surface area contributed by atoms with Crippen molar-refractivity contribution in [3.8, 4) is 0 Å². The Morgan fingerprint density at radius 1 is 1.20 bits per heavy atom. The molecule has 6 nitrogen and oxygen atoms in total. The maximum absolute atomic E-state index is 4.56. The van der Waals surface area contributed by atoms with Crippen molar-refractivity contribution < 1.29 is 0 Å². The maximum Gasteiger partial charge on any atom is 0.189 e. The Labute approximate surface area is 122 Å². The molecule has 106 valence electrons. The zero-order valence-electron chi connectivity index (χ0n) is 11.5. The van der Waals surface area contributed by atoms with Gasteiger partial charge in [-0.05, 0) is 12.3 Å². The monoisotopic (exact) mass is 290 g/mol. The van der Waals surface area contributed by atoms with Gasteiger partial charge in [-0.3, -0.25) is 4.90 Å². The molecule has 0 aromatic carbocycles. The van der Waals surface area contributed by atoms with Crippen LogP contribution < -0.4 is 4.90 Å². The van der Waals surface area contributed by atoms with Gasteiger partial charge in [-0.1, -0.05) is 11.8 Å². The van der Waals surface area contributed by atoms with Crippen LogP contribution in [0.4, 0.5) is 5.82 Å². The summed E-state index contributed by atoms with van der Waals surface area (Å²) in [5, 5.41) is 0.834. The highest BCUT2D eigenvalue weighted by Crippen LogP contribution is 2.17. The summed E-state index contributed by atoms with van der Waals surface area (Å²) in [4.78, 5) is 20.9. The van der Waals surface area contributed by atoms with E-state index in [1.165, 1.54) is 0 Å². The van der Waals surface area contributed by atoms with Crippen molar-refractivity contribution in [2.24, 2.45) is 0 Å². The summed E-state index contributed by atoms with van der Waals surface area (Å²) < 4.78 is 0. The number of aromatic amines is 1. The topological polar surface area (TPSA) is 60.9 Å². The van der Waals surface area contributed by atoms with Crippen molar-refractivity contribution in [3.63, 3.8) is 0 Å². The van der Waals surface area contributed by atoms with Gasteiger partial charge in [0.2, 0.25) is 0 Å². The Morgan fingerprint density at radius 2 is 2.05 bits per heavy atom. The molecule has 2 aromatic rings. The van der Waals surface area contributed by atoms with Crippen molar-refractivity contribution in [2.75, 3.05) is 37.3 Å². The van der Waals surface area contributed by atoms with Gasteiger partial charge >= 0.3 is 0 Å². The zero-order chi connectivity index (χ0) is 13.8. The van der Waals surface area contributed by atoms with Crippen LogP contribution in [0.15, 0.2) is 29.8 Å². The van der Waals surface area contributed by atoms with Crippen LogP contribution in [0.5, 0.6) is 0 Å². The third-order valence-electron chi connectivity index (χ3n) is 3.43. The van der Waals surface area contributed by atoms with E-state index in [4.69, 9.17) is 0 Å². The summed E-state index contributed by atoms with van der Waals surface area (Å²) in [6, 6.07) is 1.99. The molecule has 7 heteroatoms. The summed E-state index contributed by atoms with van der Waals surface area (Å²) >= 11 is 1.58. The molecule has 0 saturated carbocycles. The molecule has 0 unspecified atom stereocenters. The van der Waals surface area contributed by atoms with E-state index in [0.717, 1.165) is 49.5 Å². The largest absolute Gasteiger partial charge is 0.354 e. The van der Waals surface area contributed by atoms with Gasteiger partial charge in [-0.15, -0.1) is 0 Å². The van der Waals surface area contributed by atoms with Gasteiger partial charge in [0, 0.05) is 44.8 Å². The van der Waals surface area contributed by atoms with Crippen LogP contribution in [-0.4, -0.2) is 57.3 Å². The maximum atomic E-state index is 4.56. The molecule has 1 aliphatic rings. The molecule has 0 bridgehead atoms. The summed E-state index contributed by atoms with van der Waals surface area (Å²) in [7, 11) is 0. The van der Waals surface area contributed by atoms with Crippen LogP contribution in [0.1, 0.15) is 5.82 Å². The van der Waals surface area contributed by atoms with Crippen LogP contribution in [0.2, 0.25) is 0 Å². The summed E-state index contributed by atoms with van der Waals surface area (Å²) in [5.41, 5.74) is 0. The Hall–Kier alpha value is -1.60. The predicted octanol–water partition coefficient (Wildman–Crippen LogP) is 1.24. The van der Waals surface area contributed by atoms with Gasteiger partial charge in [-0.25, -0.2) is 15.0 Å². The van der Waals surface area contributed by atoms with Gasteiger partial charge < -0.3 is 9.88 Å². The molecule has 1 N–H and O–H groups in total. The minimum Gasteiger partial charge on any atom is -0.354 e. The van der Waals surface area contributed by atoms with Crippen LogP contribution in [-0.2, 0) is 6.54 Å². The Morgan fingerprint density at radius 3 is 2.75 bits per heavy atom. The molecule has 3 rings (SSSR count). The van der Waals surface area contributed by atoms with Crippen LogP contribution in [0.3, 0.4) is 0 Å². The third-order valence-corrected chi connectivity index (χ3v) is 3.99. The van der Waals surface area contributed by atoms with Crippen molar-refractivity contribution in [1.82, 2.24) is 24.8 Å². The van der Waals surface area contributed by atoms with Gasteiger partial charge in [0.15, 0.2) is 5.16 Å². The SMILES string of the molecule is CSc1nccc(N2CCN(Cc3ncc[nH]3)CC2)n1. The molecular weight excluding hydrogens is 272 g/mol. The Bertz CT molecular complexity index is 536. The van der Waals surface area contributed by atoms with E-state index >= 15 is 0 Å². The molecule has 0 atom stereocenters. The second kappa shape index (κ2) is 6.23. The number of imidazole rings is 1. The Kier molecular flexibility index (Phi) is 4.17. The lowest BCUT2D eigenvalue weighted by atomic mass is 10.3. The number of rotatable bonds is 4. The highest BCUT2D eigenvalue weighted by atomic mass is 32.2. The van der Waals surface area contributed by atoms with E-state index in [2.05, 4.69) is 29.7 Å². The fraction of sp³-hybridized carbons (Fsp3) is 0.462. The van der Waals surface area contributed by atoms with Crippen molar-refractivity contribution >= 4 is 17.6 Å². The summed E-state index contributed by atoms with van der Waals surface area (Å²) in [6.07, 6.45) is 7.51. The third kappa shape index (κ3) is 3.10. The fourth-order valence-corrected chi connectivity index (χ4v) is 2.69. The number of H-pyrrole nitrogens is 1. The minimum atomic E-state index is 0.834. The van der Waals surface area contributed by atoms with Gasteiger partial charge in [-0.2, -0.15) is 0 Å². The van der Waals surface area contributed by atoms with E-state index in [1.807, 2.05) is 24.7 Å². The molecule has 1 saturated heterocycles. The number of nitrogens with one attached hydrogen (secondary N) is 1.